The predicted octanol–water partition coefficient (Wildman–Crippen LogP) is 3.74. The van der Waals surface area contributed by atoms with Gasteiger partial charge in [-0.3, -0.25) is 9.59 Å². The van der Waals surface area contributed by atoms with Crippen LogP contribution in [-0.4, -0.2) is 58.7 Å². The van der Waals surface area contributed by atoms with Gasteiger partial charge >= 0.3 is 0 Å². The second-order valence-electron chi connectivity index (χ2n) is 9.08. The van der Waals surface area contributed by atoms with Crippen molar-refractivity contribution in [3.8, 4) is 5.75 Å². The smallest absolute Gasteiger partial charge is 0.230 e. The molecule has 0 aliphatic carbocycles. The molecular formula is C27H30N6O5S3. The van der Waals surface area contributed by atoms with Crippen molar-refractivity contribution in [2.75, 3.05) is 28.7 Å². The van der Waals surface area contributed by atoms with Gasteiger partial charge < -0.3 is 15.4 Å². The molecule has 2 aromatic carbocycles. The Balaban J connectivity index is 1.18. The van der Waals surface area contributed by atoms with E-state index >= 15 is 0 Å². The summed E-state index contributed by atoms with van der Waals surface area (Å²) >= 11 is 2.30. The summed E-state index contributed by atoms with van der Waals surface area (Å²) in [6.07, 6.45) is 1.68. The van der Waals surface area contributed by atoms with Crippen molar-refractivity contribution in [2.45, 2.75) is 39.0 Å². The van der Waals surface area contributed by atoms with E-state index in [0.717, 1.165) is 46.0 Å². The van der Waals surface area contributed by atoms with Crippen LogP contribution in [-0.2, 0) is 45.1 Å². The molecule has 216 valence electrons. The number of amides is 2. The Morgan fingerprint density at radius 1 is 0.756 bits per heavy atom. The van der Waals surface area contributed by atoms with Gasteiger partial charge in [-0.2, -0.15) is 0 Å². The highest BCUT2D eigenvalue weighted by molar-refractivity contribution is 7.91. The van der Waals surface area contributed by atoms with Gasteiger partial charge in [0.05, 0.1) is 31.0 Å². The molecule has 0 atom stereocenters. The van der Waals surface area contributed by atoms with Gasteiger partial charge in [0.25, 0.3) is 0 Å². The fourth-order valence-corrected chi connectivity index (χ4v) is 6.60. The van der Waals surface area contributed by atoms with Crippen molar-refractivity contribution in [3.05, 3.63) is 75.7 Å². The van der Waals surface area contributed by atoms with Gasteiger partial charge in [-0.15, -0.1) is 20.4 Å². The Morgan fingerprint density at radius 3 is 1.78 bits per heavy atom. The van der Waals surface area contributed by atoms with Crippen molar-refractivity contribution in [1.82, 2.24) is 20.4 Å². The molecule has 0 saturated carbocycles. The molecule has 0 bridgehead atoms. The molecule has 0 aliphatic rings. The first-order valence-electron chi connectivity index (χ1n) is 13.0. The van der Waals surface area contributed by atoms with E-state index in [0.29, 0.717) is 26.9 Å². The molecule has 0 fully saturated rings. The second-order valence-corrected chi connectivity index (χ2v) is 13.5. The Labute approximate surface area is 246 Å². The van der Waals surface area contributed by atoms with Crippen molar-refractivity contribution < 1.29 is 22.7 Å². The van der Waals surface area contributed by atoms with Gasteiger partial charge in [-0.25, -0.2) is 8.42 Å². The Kier molecular flexibility index (Phi) is 10.9. The fraction of sp³-hybridized carbons (Fsp3) is 0.333. The summed E-state index contributed by atoms with van der Waals surface area (Å²) in [5, 5.41) is 23.0. The average Bonchev–Trinajstić information content (AvgIpc) is 3.60. The van der Waals surface area contributed by atoms with E-state index in [2.05, 4.69) is 31.0 Å². The lowest BCUT2D eigenvalue weighted by Gasteiger charge is -2.06. The number of hydrogen-bond acceptors (Lipinski definition) is 11. The number of benzene rings is 2. The number of anilines is 2. The van der Waals surface area contributed by atoms with Crippen LogP contribution >= 0.6 is 22.7 Å². The lowest BCUT2D eigenvalue weighted by atomic mass is 10.1. The maximum atomic E-state index is 12.6. The number of ether oxygens (including phenoxy) is 1. The van der Waals surface area contributed by atoms with Crippen molar-refractivity contribution >= 4 is 54.6 Å². The minimum atomic E-state index is -3.40. The molecule has 2 heterocycles. The van der Waals surface area contributed by atoms with Crippen molar-refractivity contribution in [1.29, 1.82) is 0 Å². The Bertz CT molecular complexity index is 1540. The number of nitrogens with zero attached hydrogens (tertiary/aromatic N) is 4. The highest BCUT2D eigenvalue weighted by Crippen LogP contribution is 2.19. The van der Waals surface area contributed by atoms with Crippen LogP contribution in [0.4, 0.5) is 10.3 Å². The molecule has 14 heteroatoms. The highest BCUT2D eigenvalue weighted by Gasteiger charge is 2.17. The maximum absolute atomic E-state index is 12.6. The zero-order valence-electron chi connectivity index (χ0n) is 22.4. The zero-order valence-corrected chi connectivity index (χ0v) is 24.9. The summed E-state index contributed by atoms with van der Waals surface area (Å²) < 4.78 is 30.7. The lowest BCUT2D eigenvalue weighted by molar-refractivity contribution is -0.116. The van der Waals surface area contributed by atoms with Crippen LogP contribution in [0.15, 0.2) is 54.6 Å². The van der Waals surface area contributed by atoms with Gasteiger partial charge in [-0.05, 0) is 29.7 Å². The average molecular weight is 615 g/mol. The molecule has 0 radical (unpaired) electrons. The number of carbonyl (C=O) groups excluding carboxylic acids is 2. The van der Waals surface area contributed by atoms with Gasteiger partial charge in [0, 0.05) is 12.8 Å². The van der Waals surface area contributed by atoms with Crippen molar-refractivity contribution in [3.63, 3.8) is 0 Å². The molecule has 2 N–H and O–H groups in total. The SMILES string of the molecule is CCCOc1ccc(CC(=O)Nc2nnc(CCS(=O)(=O)CCc3nnc(NC(=O)Cc4ccccc4)s3)s2)cc1. The minimum absolute atomic E-state index is 0.107. The van der Waals surface area contributed by atoms with E-state index in [1.54, 1.807) is 0 Å². The molecule has 0 unspecified atom stereocenters. The van der Waals surface area contributed by atoms with Gasteiger partial charge in [0.2, 0.25) is 22.1 Å². The maximum Gasteiger partial charge on any atom is 0.230 e. The summed E-state index contributed by atoms with van der Waals surface area (Å²) in [4.78, 5) is 24.6. The third-order valence-electron chi connectivity index (χ3n) is 5.65. The lowest BCUT2D eigenvalue weighted by Crippen LogP contribution is -2.14. The molecule has 0 aliphatic heterocycles. The molecule has 2 amide bonds. The molecule has 0 spiro atoms. The summed E-state index contributed by atoms with van der Waals surface area (Å²) in [6.45, 7) is 2.67. The quantitative estimate of drug-likeness (QED) is 0.204. The predicted molar refractivity (Wildman–Crippen MR) is 159 cm³/mol. The zero-order chi connectivity index (χ0) is 29.1. The third-order valence-corrected chi connectivity index (χ3v) is 9.10. The summed E-state index contributed by atoms with van der Waals surface area (Å²) in [5.41, 5.74) is 1.71. The van der Waals surface area contributed by atoms with Crippen LogP contribution in [0, 0.1) is 0 Å². The number of hydrogen-bond donors (Lipinski definition) is 2. The van der Waals surface area contributed by atoms with Gasteiger partial charge in [-0.1, -0.05) is 72.1 Å². The molecule has 2 aromatic heterocycles. The number of rotatable bonds is 15. The molecule has 4 rings (SSSR count). The van der Waals surface area contributed by atoms with Crippen LogP contribution < -0.4 is 15.4 Å². The van der Waals surface area contributed by atoms with E-state index in [1.165, 1.54) is 0 Å². The van der Waals surface area contributed by atoms with E-state index in [9.17, 15) is 18.0 Å². The summed E-state index contributed by atoms with van der Waals surface area (Å²) in [6, 6.07) is 16.7. The normalized spacial score (nSPS) is 11.2. The monoisotopic (exact) mass is 614 g/mol. The minimum Gasteiger partial charge on any atom is -0.494 e. The number of aromatic nitrogens is 4. The molecule has 11 nitrogen and oxygen atoms in total. The highest BCUT2D eigenvalue weighted by atomic mass is 32.2. The van der Waals surface area contributed by atoms with Gasteiger partial charge in [0.1, 0.15) is 15.8 Å². The van der Waals surface area contributed by atoms with E-state index in [4.69, 9.17) is 4.74 Å². The van der Waals surface area contributed by atoms with Crippen LogP contribution in [0.5, 0.6) is 5.75 Å². The largest absolute Gasteiger partial charge is 0.494 e. The standard InChI is InChI=1S/C27H30N6O5S3/c1-2-14-38-21-10-8-20(9-11-21)18-23(35)29-27-33-31-25(40-27)13-16-41(36,37)15-12-24-30-32-26(39-24)28-22(34)17-19-6-4-3-5-7-19/h3-11H,2,12-18H2,1H3,(H,28,32,34)(H,29,33,35). The van der Waals surface area contributed by atoms with E-state index in [-0.39, 0.29) is 49.0 Å². The number of carbonyl (C=O) groups is 2. The first-order chi connectivity index (χ1) is 19.8. The molecule has 4 aromatic rings. The first-order valence-corrected chi connectivity index (χ1v) is 16.4. The molecule has 41 heavy (non-hydrogen) atoms. The first kappa shape index (κ1) is 30.2. The summed E-state index contributed by atoms with van der Waals surface area (Å²) in [7, 11) is -3.40. The second kappa shape index (κ2) is 14.8. The Hall–Kier alpha value is -3.75. The van der Waals surface area contributed by atoms with Crippen LogP contribution in [0.1, 0.15) is 34.5 Å². The fourth-order valence-electron chi connectivity index (χ4n) is 3.61. The topological polar surface area (TPSA) is 153 Å². The molecule has 0 saturated heterocycles. The van der Waals surface area contributed by atoms with Gasteiger partial charge in [0.15, 0.2) is 9.84 Å². The van der Waals surface area contributed by atoms with E-state index in [1.807, 2.05) is 61.5 Å². The Morgan fingerprint density at radius 2 is 1.27 bits per heavy atom. The van der Waals surface area contributed by atoms with Crippen LogP contribution in [0.3, 0.4) is 0 Å². The molecular weight excluding hydrogens is 585 g/mol. The van der Waals surface area contributed by atoms with E-state index < -0.39 is 9.84 Å². The third kappa shape index (κ3) is 10.3. The number of nitrogens with one attached hydrogen (secondary N) is 2. The van der Waals surface area contributed by atoms with Crippen LogP contribution in [0.2, 0.25) is 0 Å². The number of aryl methyl sites for hydroxylation is 2. The van der Waals surface area contributed by atoms with Crippen molar-refractivity contribution in [2.24, 2.45) is 0 Å². The number of sulfone groups is 1. The van der Waals surface area contributed by atoms with Crippen LogP contribution in [0.25, 0.3) is 0 Å². The summed E-state index contributed by atoms with van der Waals surface area (Å²) in [5.74, 6) is 0.0861.